The van der Waals surface area contributed by atoms with Crippen LogP contribution in [0.5, 0.6) is 5.75 Å². The van der Waals surface area contributed by atoms with Gasteiger partial charge in [-0.05, 0) is 31.2 Å². The molecular formula is C17H18N2O2. The molecule has 2 aromatic carbocycles. The molecule has 21 heavy (non-hydrogen) atoms. The minimum Gasteiger partial charge on any atom is -0.497 e. The van der Waals surface area contributed by atoms with Gasteiger partial charge in [-0.1, -0.05) is 17.7 Å². The van der Waals surface area contributed by atoms with E-state index in [1.54, 1.807) is 7.11 Å². The minimum atomic E-state index is 0.0380. The number of fused-ring (bicyclic) bond motifs is 1. The Morgan fingerprint density at radius 1 is 1.14 bits per heavy atom. The van der Waals surface area contributed by atoms with E-state index in [9.17, 15) is 4.79 Å². The van der Waals surface area contributed by atoms with Gasteiger partial charge in [0.15, 0.2) is 0 Å². The Kier molecular flexibility index (Phi) is 3.52. The first-order chi connectivity index (χ1) is 10.2. The van der Waals surface area contributed by atoms with Crippen LogP contribution in [0.3, 0.4) is 0 Å². The highest BCUT2D eigenvalue weighted by Crippen LogP contribution is 2.37. The molecule has 0 aromatic heterocycles. The summed E-state index contributed by atoms with van der Waals surface area (Å²) in [4.78, 5) is 14.0. The molecule has 1 N–H and O–H groups in total. The van der Waals surface area contributed by atoms with Gasteiger partial charge >= 0.3 is 0 Å². The molecule has 4 nitrogen and oxygen atoms in total. The second kappa shape index (κ2) is 5.48. The molecule has 1 amide bonds. The number of carbonyl (C=O) groups is 1. The molecule has 4 heteroatoms. The number of aryl methyl sites for hydroxylation is 1. The lowest BCUT2D eigenvalue weighted by Gasteiger charge is -2.25. The number of anilines is 3. The van der Waals surface area contributed by atoms with Crippen LogP contribution in [-0.2, 0) is 4.79 Å². The lowest BCUT2D eigenvalue weighted by Crippen LogP contribution is -2.18. The maximum atomic E-state index is 11.9. The topological polar surface area (TPSA) is 41.6 Å². The molecule has 0 aliphatic carbocycles. The zero-order valence-electron chi connectivity index (χ0n) is 12.2. The number of nitrogens with zero attached hydrogens (tertiary/aromatic N) is 1. The third-order valence-corrected chi connectivity index (χ3v) is 3.68. The normalized spacial score (nSPS) is 14.2. The second-order valence-electron chi connectivity index (χ2n) is 5.17. The van der Waals surface area contributed by atoms with Crippen LogP contribution in [0.25, 0.3) is 0 Å². The molecule has 3 rings (SSSR count). The molecular weight excluding hydrogens is 264 g/mol. The Hall–Kier alpha value is -2.49. The second-order valence-corrected chi connectivity index (χ2v) is 5.17. The number of rotatable bonds is 2. The van der Waals surface area contributed by atoms with E-state index in [1.165, 1.54) is 5.56 Å². The number of hydrogen-bond acceptors (Lipinski definition) is 3. The lowest BCUT2D eigenvalue weighted by molar-refractivity contribution is -0.115. The van der Waals surface area contributed by atoms with Crippen LogP contribution in [0.15, 0.2) is 42.5 Å². The molecule has 0 atom stereocenters. The Balaban J connectivity index is 2.08. The fourth-order valence-electron chi connectivity index (χ4n) is 2.51. The van der Waals surface area contributed by atoms with E-state index in [1.807, 2.05) is 18.2 Å². The Morgan fingerprint density at radius 3 is 2.62 bits per heavy atom. The lowest BCUT2D eigenvalue weighted by atomic mass is 10.1. The zero-order valence-corrected chi connectivity index (χ0v) is 12.2. The van der Waals surface area contributed by atoms with Crippen LogP contribution in [0.1, 0.15) is 12.0 Å². The third kappa shape index (κ3) is 2.70. The summed E-state index contributed by atoms with van der Waals surface area (Å²) in [5, 5.41) is 2.95. The molecule has 108 valence electrons. The number of hydrogen-bond donors (Lipinski definition) is 1. The van der Waals surface area contributed by atoms with Crippen LogP contribution < -0.4 is 15.0 Å². The highest BCUT2D eigenvalue weighted by molar-refractivity contribution is 5.97. The van der Waals surface area contributed by atoms with E-state index in [2.05, 4.69) is 41.4 Å². The van der Waals surface area contributed by atoms with Crippen LogP contribution >= 0.6 is 0 Å². The van der Waals surface area contributed by atoms with Crippen molar-refractivity contribution in [3.8, 4) is 5.75 Å². The summed E-state index contributed by atoms with van der Waals surface area (Å²) in [7, 11) is 1.65. The fraction of sp³-hybridized carbons (Fsp3) is 0.235. The van der Waals surface area contributed by atoms with Crippen LogP contribution in [-0.4, -0.2) is 19.6 Å². The summed E-state index contributed by atoms with van der Waals surface area (Å²) in [6.45, 7) is 2.71. The van der Waals surface area contributed by atoms with E-state index in [-0.39, 0.29) is 5.91 Å². The summed E-state index contributed by atoms with van der Waals surface area (Å²) < 4.78 is 5.31. The van der Waals surface area contributed by atoms with Gasteiger partial charge in [0.1, 0.15) is 5.75 Å². The van der Waals surface area contributed by atoms with Gasteiger partial charge in [-0.25, -0.2) is 0 Å². The van der Waals surface area contributed by atoms with Crippen molar-refractivity contribution < 1.29 is 9.53 Å². The number of amides is 1. The summed E-state index contributed by atoms with van der Waals surface area (Å²) in [5.41, 5.74) is 4.07. The van der Waals surface area contributed by atoms with E-state index in [0.29, 0.717) is 13.0 Å². The number of nitrogens with one attached hydrogen (secondary N) is 1. The number of benzene rings is 2. The standard InChI is InChI=1S/C17H18N2O2/c1-12-3-5-13(6-4-12)19-10-9-17(20)18-15-8-7-14(21-2)11-16(15)19/h3-8,11H,9-10H2,1-2H3,(H,18,20). The predicted octanol–water partition coefficient (Wildman–Crippen LogP) is 3.48. The Morgan fingerprint density at radius 2 is 1.90 bits per heavy atom. The van der Waals surface area contributed by atoms with Crippen LogP contribution in [0, 0.1) is 6.92 Å². The smallest absolute Gasteiger partial charge is 0.226 e. The first-order valence-corrected chi connectivity index (χ1v) is 6.99. The van der Waals surface area contributed by atoms with Gasteiger partial charge in [0.2, 0.25) is 5.91 Å². The van der Waals surface area contributed by atoms with E-state index >= 15 is 0 Å². The van der Waals surface area contributed by atoms with Crippen molar-refractivity contribution in [2.45, 2.75) is 13.3 Å². The third-order valence-electron chi connectivity index (χ3n) is 3.68. The molecule has 0 unspecified atom stereocenters. The van der Waals surface area contributed by atoms with Crippen molar-refractivity contribution in [3.63, 3.8) is 0 Å². The highest BCUT2D eigenvalue weighted by Gasteiger charge is 2.20. The Labute approximate surface area is 124 Å². The molecule has 0 fully saturated rings. The van der Waals surface area contributed by atoms with Gasteiger partial charge in [0, 0.05) is 24.7 Å². The van der Waals surface area contributed by atoms with Gasteiger partial charge in [0.25, 0.3) is 0 Å². The average molecular weight is 282 g/mol. The van der Waals surface area contributed by atoms with Crippen molar-refractivity contribution in [1.82, 2.24) is 0 Å². The van der Waals surface area contributed by atoms with E-state index < -0.39 is 0 Å². The van der Waals surface area contributed by atoms with Crippen molar-refractivity contribution in [3.05, 3.63) is 48.0 Å². The monoisotopic (exact) mass is 282 g/mol. The van der Waals surface area contributed by atoms with Gasteiger partial charge in [-0.15, -0.1) is 0 Å². The molecule has 0 bridgehead atoms. The fourth-order valence-corrected chi connectivity index (χ4v) is 2.51. The summed E-state index contributed by atoms with van der Waals surface area (Å²) >= 11 is 0. The van der Waals surface area contributed by atoms with Crippen molar-refractivity contribution in [2.24, 2.45) is 0 Å². The maximum absolute atomic E-state index is 11.9. The highest BCUT2D eigenvalue weighted by atomic mass is 16.5. The predicted molar refractivity (Wildman–Crippen MR) is 84.4 cm³/mol. The molecule has 1 aliphatic rings. The molecule has 0 radical (unpaired) electrons. The molecule has 0 saturated carbocycles. The molecule has 1 heterocycles. The Bertz CT molecular complexity index is 665. The maximum Gasteiger partial charge on any atom is 0.226 e. The van der Waals surface area contributed by atoms with Crippen molar-refractivity contribution in [2.75, 3.05) is 23.9 Å². The average Bonchev–Trinajstić information content (AvgIpc) is 2.66. The van der Waals surface area contributed by atoms with Gasteiger partial charge in [0.05, 0.1) is 18.5 Å². The number of ether oxygens (including phenoxy) is 1. The molecule has 0 spiro atoms. The van der Waals surface area contributed by atoms with E-state index in [4.69, 9.17) is 4.74 Å². The molecule has 2 aromatic rings. The molecule has 1 aliphatic heterocycles. The van der Waals surface area contributed by atoms with Crippen molar-refractivity contribution in [1.29, 1.82) is 0 Å². The van der Waals surface area contributed by atoms with Gasteiger partial charge in [-0.2, -0.15) is 0 Å². The first kappa shape index (κ1) is 13.5. The van der Waals surface area contributed by atoms with E-state index in [0.717, 1.165) is 22.8 Å². The van der Waals surface area contributed by atoms with Crippen LogP contribution in [0.4, 0.5) is 17.1 Å². The quantitative estimate of drug-likeness (QED) is 0.916. The zero-order chi connectivity index (χ0) is 14.8. The minimum absolute atomic E-state index is 0.0380. The van der Waals surface area contributed by atoms with Crippen LogP contribution in [0.2, 0.25) is 0 Å². The molecule has 0 saturated heterocycles. The SMILES string of the molecule is COc1ccc2c(c1)N(c1ccc(C)cc1)CCC(=O)N2. The van der Waals surface area contributed by atoms with Crippen molar-refractivity contribution >= 4 is 23.0 Å². The number of carbonyl (C=O) groups excluding carboxylic acids is 1. The van der Waals surface area contributed by atoms with Gasteiger partial charge < -0.3 is 15.0 Å². The number of methoxy groups -OCH3 is 1. The summed E-state index contributed by atoms with van der Waals surface area (Å²) in [5.74, 6) is 0.818. The summed E-state index contributed by atoms with van der Waals surface area (Å²) in [6, 6.07) is 14.0. The summed E-state index contributed by atoms with van der Waals surface area (Å²) in [6.07, 6.45) is 0.463. The first-order valence-electron chi connectivity index (χ1n) is 6.99. The largest absolute Gasteiger partial charge is 0.497 e. The van der Waals surface area contributed by atoms with Gasteiger partial charge in [-0.3, -0.25) is 4.79 Å².